The van der Waals surface area contributed by atoms with Crippen LogP contribution in [0.15, 0.2) is 56.2 Å². The maximum absolute atomic E-state index is 11.9. The van der Waals surface area contributed by atoms with Crippen LogP contribution in [0.2, 0.25) is 0 Å². The topological polar surface area (TPSA) is 212 Å². The summed E-state index contributed by atoms with van der Waals surface area (Å²) in [5.41, 5.74) is 8.59. The highest BCUT2D eigenvalue weighted by atomic mass is 32.2. The van der Waals surface area contributed by atoms with Gasteiger partial charge >= 0.3 is 0 Å². The van der Waals surface area contributed by atoms with Crippen molar-refractivity contribution >= 4 is 68.4 Å². The standard InChI is InChI=1S/C16H9N3O9S3/c17-19-18-11-5-12(29(20,21)22)8-3-4-10-14(31(26,27)28)6-13(30(23,24)25)9-2-1-7(11)15(8)16(9)10/h1-6H,(H,20,21,22)(H,23,24,25)(H,26,27,28). The number of nitrogens with zero attached hydrogens (tertiary/aromatic N) is 3. The van der Waals surface area contributed by atoms with Gasteiger partial charge in [0.05, 0.1) is 0 Å². The first-order valence-electron chi connectivity index (χ1n) is 8.01. The Balaban J connectivity index is 2.48. The van der Waals surface area contributed by atoms with Gasteiger partial charge in [-0.2, -0.15) is 25.3 Å². The fourth-order valence-electron chi connectivity index (χ4n) is 3.65. The molecule has 0 unspecified atom stereocenters. The van der Waals surface area contributed by atoms with Gasteiger partial charge in [-0.25, -0.2) is 0 Å². The molecule has 0 bridgehead atoms. The first-order chi connectivity index (χ1) is 14.2. The lowest BCUT2D eigenvalue weighted by molar-refractivity contribution is 0.480. The van der Waals surface area contributed by atoms with Gasteiger partial charge in [0.2, 0.25) is 0 Å². The van der Waals surface area contributed by atoms with Crippen LogP contribution in [-0.2, 0) is 30.4 Å². The van der Waals surface area contributed by atoms with Crippen molar-refractivity contribution in [3.8, 4) is 0 Å². The van der Waals surface area contributed by atoms with Gasteiger partial charge in [0.25, 0.3) is 30.4 Å². The van der Waals surface area contributed by atoms with E-state index in [-0.39, 0.29) is 38.0 Å². The molecule has 15 heteroatoms. The van der Waals surface area contributed by atoms with E-state index in [2.05, 4.69) is 10.0 Å². The number of benzene rings is 4. The molecule has 0 aliphatic carbocycles. The smallest absolute Gasteiger partial charge is 0.282 e. The van der Waals surface area contributed by atoms with Crippen LogP contribution < -0.4 is 0 Å². The van der Waals surface area contributed by atoms with Crippen LogP contribution in [0.25, 0.3) is 42.8 Å². The molecule has 0 spiro atoms. The van der Waals surface area contributed by atoms with Gasteiger partial charge in [-0.3, -0.25) is 13.7 Å². The molecule has 0 heterocycles. The van der Waals surface area contributed by atoms with Crippen LogP contribution in [0.3, 0.4) is 0 Å². The molecule has 160 valence electrons. The summed E-state index contributed by atoms with van der Waals surface area (Å²) >= 11 is 0. The molecule has 0 saturated carbocycles. The van der Waals surface area contributed by atoms with Crippen LogP contribution in [0.1, 0.15) is 0 Å². The summed E-state index contributed by atoms with van der Waals surface area (Å²) in [5, 5.41) is 2.76. The lowest BCUT2D eigenvalue weighted by Crippen LogP contribution is -2.06. The second-order valence-electron chi connectivity index (χ2n) is 6.45. The van der Waals surface area contributed by atoms with Crippen molar-refractivity contribution in [3.63, 3.8) is 0 Å². The van der Waals surface area contributed by atoms with Crippen molar-refractivity contribution in [1.82, 2.24) is 0 Å². The summed E-state index contributed by atoms with van der Waals surface area (Å²) in [6, 6.07) is 6.22. The molecular formula is C16H9N3O9S3. The van der Waals surface area contributed by atoms with E-state index in [0.717, 1.165) is 18.2 Å². The average molecular weight is 483 g/mol. The number of rotatable bonds is 4. The molecule has 0 radical (unpaired) electrons. The highest BCUT2D eigenvalue weighted by Crippen LogP contribution is 2.45. The molecule has 4 aromatic carbocycles. The van der Waals surface area contributed by atoms with E-state index in [4.69, 9.17) is 5.53 Å². The second-order valence-corrected chi connectivity index (χ2v) is 10.6. The number of hydrogen-bond donors (Lipinski definition) is 3. The van der Waals surface area contributed by atoms with Crippen LogP contribution in [0, 0.1) is 0 Å². The third-order valence-corrected chi connectivity index (χ3v) is 7.43. The Labute approximate surface area is 173 Å². The monoisotopic (exact) mass is 483 g/mol. The molecule has 0 saturated heterocycles. The first-order valence-corrected chi connectivity index (χ1v) is 12.3. The van der Waals surface area contributed by atoms with Crippen LogP contribution in [-0.4, -0.2) is 38.9 Å². The highest BCUT2D eigenvalue weighted by molar-refractivity contribution is 7.87. The predicted molar refractivity (Wildman–Crippen MR) is 108 cm³/mol. The highest BCUT2D eigenvalue weighted by Gasteiger charge is 2.27. The Morgan fingerprint density at radius 1 is 0.645 bits per heavy atom. The summed E-state index contributed by atoms with van der Waals surface area (Å²) < 4.78 is 100. The van der Waals surface area contributed by atoms with Gasteiger partial charge in [-0.05, 0) is 28.4 Å². The fourth-order valence-corrected chi connectivity index (χ4v) is 5.86. The van der Waals surface area contributed by atoms with E-state index in [0.29, 0.717) is 6.07 Å². The lowest BCUT2D eigenvalue weighted by Gasteiger charge is -2.17. The van der Waals surface area contributed by atoms with E-state index in [1.807, 2.05) is 0 Å². The average Bonchev–Trinajstić information content (AvgIpc) is 2.63. The van der Waals surface area contributed by atoms with Gasteiger partial charge in [-0.15, -0.1) is 0 Å². The molecule has 0 atom stereocenters. The quantitative estimate of drug-likeness (QED) is 0.127. The van der Waals surface area contributed by atoms with Crippen LogP contribution in [0.4, 0.5) is 5.69 Å². The molecule has 4 aromatic rings. The van der Waals surface area contributed by atoms with Crippen molar-refractivity contribution in [3.05, 3.63) is 46.8 Å². The zero-order valence-electron chi connectivity index (χ0n) is 14.8. The van der Waals surface area contributed by atoms with Gasteiger partial charge in [0.15, 0.2) is 0 Å². The Hall–Kier alpha value is -3.04. The minimum atomic E-state index is -4.99. The van der Waals surface area contributed by atoms with E-state index >= 15 is 0 Å². The predicted octanol–water partition coefficient (Wildman–Crippen LogP) is 3.27. The SMILES string of the molecule is [N-]=[N+]=Nc1cc(S(=O)(=O)O)c2ccc3c(S(=O)(=O)O)cc(S(=O)(=O)O)c4ccc1c2c43. The van der Waals surface area contributed by atoms with E-state index in [9.17, 15) is 38.9 Å². The van der Waals surface area contributed by atoms with E-state index in [1.54, 1.807) is 0 Å². The minimum Gasteiger partial charge on any atom is -0.282 e. The molecule has 0 aromatic heterocycles. The Kier molecular flexibility index (Phi) is 4.43. The van der Waals surface area contributed by atoms with Gasteiger partial charge in [0, 0.05) is 32.1 Å². The normalized spacial score (nSPS) is 13.1. The largest absolute Gasteiger partial charge is 0.295 e. The minimum absolute atomic E-state index is 0.0667. The van der Waals surface area contributed by atoms with Crippen molar-refractivity contribution in [1.29, 1.82) is 0 Å². The Morgan fingerprint density at radius 2 is 1.00 bits per heavy atom. The maximum Gasteiger partial charge on any atom is 0.295 e. The summed E-state index contributed by atoms with van der Waals surface area (Å²) in [5.74, 6) is 0. The van der Waals surface area contributed by atoms with Gasteiger partial charge in [0.1, 0.15) is 14.7 Å². The summed E-state index contributed by atoms with van der Waals surface area (Å²) in [6.07, 6.45) is 0. The molecule has 31 heavy (non-hydrogen) atoms. The molecule has 0 aliphatic rings. The van der Waals surface area contributed by atoms with Crippen LogP contribution in [0.5, 0.6) is 0 Å². The number of hydrogen-bond acceptors (Lipinski definition) is 7. The summed E-state index contributed by atoms with van der Waals surface area (Å²) in [7, 11) is -14.9. The molecule has 3 N–H and O–H groups in total. The van der Waals surface area contributed by atoms with Crippen LogP contribution >= 0.6 is 0 Å². The molecule has 0 amide bonds. The Morgan fingerprint density at radius 3 is 1.39 bits per heavy atom. The summed E-state index contributed by atoms with van der Waals surface area (Å²) in [6.45, 7) is 0. The third kappa shape index (κ3) is 3.24. The summed E-state index contributed by atoms with van der Waals surface area (Å²) in [4.78, 5) is 0.210. The second kappa shape index (κ2) is 6.48. The maximum atomic E-state index is 11.9. The van der Waals surface area contributed by atoms with Crippen molar-refractivity contribution in [2.45, 2.75) is 14.7 Å². The van der Waals surface area contributed by atoms with E-state index < -0.39 is 45.0 Å². The van der Waals surface area contributed by atoms with Crippen molar-refractivity contribution in [2.24, 2.45) is 5.11 Å². The zero-order valence-corrected chi connectivity index (χ0v) is 17.3. The molecule has 12 nitrogen and oxygen atoms in total. The zero-order chi connectivity index (χ0) is 22.9. The molecule has 4 rings (SSSR count). The van der Waals surface area contributed by atoms with Gasteiger partial charge in [-0.1, -0.05) is 29.4 Å². The first kappa shape index (κ1) is 21.2. The molecular weight excluding hydrogens is 474 g/mol. The Bertz CT molecular complexity index is 1750. The van der Waals surface area contributed by atoms with Crippen molar-refractivity contribution < 1.29 is 38.9 Å². The van der Waals surface area contributed by atoms with E-state index in [1.165, 1.54) is 12.1 Å². The fraction of sp³-hybridized carbons (Fsp3) is 0. The van der Waals surface area contributed by atoms with Gasteiger partial charge < -0.3 is 0 Å². The number of azide groups is 1. The molecule has 0 fully saturated rings. The third-order valence-electron chi connectivity index (χ3n) is 4.75. The van der Waals surface area contributed by atoms with Crippen molar-refractivity contribution in [2.75, 3.05) is 0 Å². The lowest BCUT2D eigenvalue weighted by atomic mass is 9.93. The molecule has 0 aliphatic heterocycles.